The molecule has 3 heteroatoms. The first-order chi connectivity index (χ1) is 10.2. The number of hydrogen-bond acceptors (Lipinski definition) is 2. The van der Waals surface area contributed by atoms with Crippen molar-refractivity contribution in [2.24, 2.45) is 0 Å². The quantitative estimate of drug-likeness (QED) is 0.759. The summed E-state index contributed by atoms with van der Waals surface area (Å²) in [4.78, 5) is 1.30. The van der Waals surface area contributed by atoms with Gasteiger partial charge in [0.2, 0.25) is 0 Å². The summed E-state index contributed by atoms with van der Waals surface area (Å²) in [7, 11) is 0. The van der Waals surface area contributed by atoms with E-state index in [1.54, 1.807) is 0 Å². The predicted molar refractivity (Wildman–Crippen MR) is 89.5 cm³/mol. The fraction of sp³-hybridized carbons (Fsp3) is 0.333. The van der Waals surface area contributed by atoms with Crippen LogP contribution < -0.4 is 5.32 Å². The lowest BCUT2D eigenvalue weighted by molar-refractivity contribution is 0.571. The van der Waals surface area contributed by atoms with Gasteiger partial charge in [-0.3, -0.25) is 0 Å². The third-order valence-corrected chi connectivity index (χ3v) is 4.49. The Labute approximate surface area is 131 Å². The summed E-state index contributed by atoms with van der Waals surface area (Å²) in [6, 6.07) is 15.8. The van der Waals surface area contributed by atoms with E-state index < -0.39 is 0 Å². The molecule has 0 saturated carbocycles. The molecule has 2 aromatic carbocycles. The van der Waals surface area contributed by atoms with Crippen LogP contribution in [0, 0.1) is 12.7 Å². The molecule has 21 heavy (non-hydrogen) atoms. The maximum Gasteiger partial charge on any atom is 0.123 e. The lowest BCUT2D eigenvalue weighted by atomic mass is 10.1. The van der Waals surface area contributed by atoms with E-state index in [4.69, 9.17) is 0 Å². The summed E-state index contributed by atoms with van der Waals surface area (Å²) in [6.07, 6.45) is 0.924. The average Bonchev–Trinajstić information content (AvgIpc) is 2.47. The van der Waals surface area contributed by atoms with Gasteiger partial charge in [-0.1, -0.05) is 36.8 Å². The number of rotatable bonds is 7. The Balaban J connectivity index is 1.93. The van der Waals surface area contributed by atoms with Crippen molar-refractivity contribution in [3.8, 4) is 0 Å². The first-order valence-electron chi connectivity index (χ1n) is 7.34. The Bertz CT molecular complexity index is 553. The summed E-state index contributed by atoms with van der Waals surface area (Å²) in [6.45, 7) is 5.18. The smallest absolute Gasteiger partial charge is 0.123 e. The third kappa shape index (κ3) is 5.52. The number of nitrogens with one attached hydrogen (secondary N) is 1. The molecule has 2 aromatic rings. The minimum absolute atomic E-state index is 0.173. The molecule has 1 atom stereocenters. The Hall–Kier alpha value is -1.32. The second-order valence-electron chi connectivity index (χ2n) is 5.21. The van der Waals surface area contributed by atoms with E-state index in [1.807, 2.05) is 23.9 Å². The molecule has 0 aliphatic heterocycles. The number of thioether (sulfide) groups is 1. The standard InChI is InChI=1S/C18H22FNS/c1-3-20-17(12-15-7-9-16(19)10-8-15)13-21-18-6-4-5-14(2)11-18/h4-11,17,20H,3,12-13H2,1-2H3. The van der Waals surface area contributed by atoms with Crippen molar-refractivity contribution in [2.45, 2.75) is 31.2 Å². The molecule has 1 unspecified atom stereocenters. The largest absolute Gasteiger partial charge is 0.313 e. The molecule has 0 amide bonds. The first-order valence-corrected chi connectivity index (χ1v) is 8.33. The maximum absolute atomic E-state index is 13.0. The van der Waals surface area contributed by atoms with Gasteiger partial charge in [0.1, 0.15) is 5.82 Å². The Morgan fingerprint density at radius 2 is 1.90 bits per heavy atom. The zero-order valence-corrected chi connectivity index (χ0v) is 13.4. The number of halogens is 1. The summed E-state index contributed by atoms with van der Waals surface area (Å²) in [5.41, 5.74) is 2.46. The van der Waals surface area contributed by atoms with Gasteiger partial charge in [0, 0.05) is 16.7 Å². The molecule has 0 spiro atoms. The Kier molecular flexibility index (Phi) is 6.27. The number of hydrogen-bond donors (Lipinski definition) is 1. The molecule has 0 aliphatic rings. The van der Waals surface area contributed by atoms with E-state index in [2.05, 4.69) is 43.4 Å². The van der Waals surface area contributed by atoms with Crippen molar-refractivity contribution >= 4 is 11.8 Å². The van der Waals surface area contributed by atoms with E-state index in [-0.39, 0.29) is 5.82 Å². The van der Waals surface area contributed by atoms with Crippen molar-refractivity contribution in [3.63, 3.8) is 0 Å². The van der Waals surface area contributed by atoms with Crippen LogP contribution in [-0.2, 0) is 6.42 Å². The van der Waals surface area contributed by atoms with Crippen LogP contribution in [-0.4, -0.2) is 18.3 Å². The molecule has 0 aromatic heterocycles. The minimum Gasteiger partial charge on any atom is -0.313 e. The van der Waals surface area contributed by atoms with Crippen LogP contribution in [0.4, 0.5) is 4.39 Å². The number of likely N-dealkylation sites (N-methyl/N-ethyl adjacent to an activating group) is 1. The summed E-state index contributed by atoms with van der Waals surface area (Å²) >= 11 is 1.87. The molecule has 0 fully saturated rings. The summed E-state index contributed by atoms with van der Waals surface area (Å²) < 4.78 is 13.0. The van der Waals surface area contributed by atoms with Gasteiger partial charge in [0.05, 0.1) is 0 Å². The highest BCUT2D eigenvalue weighted by Crippen LogP contribution is 2.21. The zero-order chi connectivity index (χ0) is 15.1. The predicted octanol–water partition coefficient (Wildman–Crippen LogP) is 4.45. The molecule has 0 aliphatic carbocycles. The lowest BCUT2D eigenvalue weighted by Crippen LogP contribution is -2.33. The van der Waals surface area contributed by atoms with Gasteiger partial charge >= 0.3 is 0 Å². The van der Waals surface area contributed by atoms with Crippen molar-refractivity contribution in [2.75, 3.05) is 12.3 Å². The van der Waals surface area contributed by atoms with Crippen LogP contribution >= 0.6 is 11.8 Å². The minimum atomic E-state index is -0.173. The molecule has 1 nitrogen and oxygen atoms in total. The zero-order valence-electron chi connectivity index (χ0n) is 12.6. The van der Waals surface area contributed by atoms with Crippen LogP contribution in [0.15, 0.2) is 53.4 Å². The second-order valence-corrected chi connectivity index (χ2v) is 6.31. The fourth-order valence-corrected chi connectivity index (χ4v) is 3.36. The number of aryl methyl sites for hydroxylation is 1. The molecular weight excluding hydrogens is 281 g/mol. The Morgan fingerprint density at radius 1 is 1.14 bits per heavy atom. The molecular formula is C18H22FNS. The molecule has 0 radical (unpaired) electrons. The second kappa shape index (κ2) is 8.20. The maximum atomic E-state index is 13.0. The van der Waals surface area contributed by atoms with Crippen molar-refractivity contribution in [1.29, 1.82) is 0 Å². The van der Waals surface area contributed by atoms with Gasteiger partial charge in [-0.05, 0) is 49.7 Å². The lowest BCUT2D eigenvalue weighted by Gasteiger charge is -2.18. The highest BCUT2D eigenvalue weighted by molar-refractivity contribution is 7.99. The van der Waals surface area contributed by atoms with Gasteiger partial charge in [-0.25, -0.2) is 4.39 Å². The summed E-state index contributed by atoms with van der Waals surface area (Å²) in [5.74, 6) is 0.835. The third-order valence-electron chi connectivity index (χ3n) is 3.33. The van der Waals surface area contributed by atoms with Crippen LogP contribution in [0.3, 0.4) is 0 Å². The Morgan fingerprint density at radius 3 is 2.57 bits per heavy atom. The van der Waals surface area contributed by atoms with Gasteiger partial charge in [-0.2, -0.15) is 0 Å². The average molecular weight is 303 g/mol. The van der Waals surface area contributed by atoms with E-state index in [0.29, 0.717) is 6.04 Å². The van der Waals surface area contributed by atoms with Crippen LogP contribution in [0.2, 0.25) is 0 Å². The van der Waals surface area contributed by atoms with Gasteiger partial charge in [0.25, 0.3) is 0 Å². The van der Waals surface area contributed by atoms with Gasteiger partial charge in [-0.15, -0.1) is 11.8 Å². The molecule has 0 heterocycles. The van der Waals surface area contributed by atoms with Crippen molar-refractivity contribution in [1.82, 2.24) is 5.32 Å². The summed E-state index contributed by atoms with van der Waals surface area (Å²) in [5, 5.41) is 3.52. The van der Waals surface area contributed by atoms with Crippen molar-refractivity contribution in [3.05, 3.63) is 65.5 Å². The molecule has 2 rings (SSSR count). The van der Waals surface area contributed by atoms with E-state index in [0.717, 1.165) is 18.7 Å². The van der Waals surface area contributed by atoms with Crippen LogP contribution in [0.5, 0.6) is 0 Å². The normalized spacial score (nSPS) is 12.3. The molecule has 0 bridgehead atoms. The molecule has 112 valence electrons. The topological polar surface area (TPSA) is 12.0 Å². The van der Waals surface area contributed by atoms with E-state index >= 15 is 0 Å². The van der Waals surface area contributed by atoms with E-state index in [1.165, 1.54) is 28.2 Å². The van der Waals surface area contributed by atoms with Crippen LogP contribution in [0.1, 0.15) is 18.1 Å². The highest BCUT2D eigenvalue weighted by atomic mass is 32.2. The van der Waals surface area contributed by atoms with Crippen molar-refractivity contribution < 1.29 is 4.39 Å². The SMILES string of the molecule is CCNC(CSc1cccc(C)c1)Cc1ccc(F)cc1. The van der Waals surface area contributed by atoms with Crippen LogP contribution in [0.25, 0.3) is 0 Å². The highest BCUT2D eigenvalue weighted by Gasteiger charge is 2.09. The number of benzene rings is 2. The molecule has 0 saturated heterocycles. The molecule has 1 N–H and O–H groups in total. The fourth-order valence-electron chi connectivity index (χ4n) is 2.29. The van der Waals surface area contributed by atoms with E-state index in [9.17, 15) is 4.39 Å². The van der Waals surface area contributed by atoms with Gasteiger partial charge < -0.3 is 5.32 Å². The monoisotopic (exact) mass is 303 g/mol. The van der Waals surface area contributed by atoms with Gasteiger partial charge in [0.15, 0.2) is 0 Å². The first kappa shape index (κ1) is 16.1.